The smallest absolute Gasteiger partial charge is 0.00697 e. The molecular formula is C16H31N. The predicted molar refractivity (Wildman–Crippen MR) is 75.1 cm³/mol. The summed E-state index contributed by atoms with van der Waals surface area (Å²) >= 11 is 0. The van der Waals surface area contributed by atoms with E-state index in [1.807, 2.05) is 0 Å². The van der Waals surface area contributed by atoms with E-state index in [2.05, 4.69) is 33.0 Å². The Hall–Kier alpha value is -0.0400. The van der Waals surface area contributed by atoms with E-state index in [9.17, 15) is 0 Å². The molecule has 0 aromatic rings. The Balaban J connectivity index is 1.67. The lowest BCUT2D eigenvalue weighted by Gasteiger charge is -2.38. The Morgan fingerprint density at radius 1 is 1.00 bits per heavy atom. The summed E-state index contributed by atoms with van der Waals surface area (Å²) in [7, 11) is 0. The zero-order valence-corrected chi connectivity index (χ0v) is 12.3. The number of nitrogens with one attached hydrogen (secondary N) is 1. The monoisotopic (exact) mass is 237 g/mol. The van der Waals surface area contributed by atoms with Gasteiger partial charge in [0.15, 0.2) is 0 Å². The van der Waals surface area contributed by atoms with Crippen molar-refractivity contribution in [3.8, 4) is 0 Å². The van der Waals surface area contributed by atoms with Crippen LogP contribution in [0.2, 0.25) is 0 Å². The summed E-state index contributed by atoms with van der Waals surface area (Å²) in [5, 5.41) is 3.86. The molecule has 0 bridgehead atoms. The van der Waals surface area contributed by atoms with E-state index < -0.39 is 0 Å². The van der Waals surface area contributed by atoms with Gasteiger partial charge in [0.1, 0.15) is 0 Å². The number of hydrogen-bond acceptors (Lipinski definition) is 1. The van der Waals surface area contributed by atoms with Gasteiger partial charge in [-0.2, -0.15) is 0 Å². The van der Waals surface area contributed by atoms with Crippen LogP contribution < -0.4 is 5.32 Å². The lowest BCUT2D eigenvalue weighted by molar-refractivity contribution is 0.156. The van der Waals surface area contributed by atoms with Gasteiger partial charge in [0.25, 0.3) is 0 Å². The molecule has 1 unspecified atom stereocenters. The molecule has 2 aliphatic carbocycles. The van der Waals surface area contributed by atoms with Crippen LogP contribution in [0.15, 0.2) is 0 Å². The fraction of sp³-hybridized carbons (Fsp3) is 1.00. The normalized spacial score (nSPS) is 32.5. The second kappa shape index (κ2) is 5.30. The topological polar surface area (TPSA) is 12.0 Å². The van der Waals surface area contributed by atoms with E-state index in [1.165, 1.54) is 44.9 Å². The van der Waals surface area contributed by atoms with Gasteiger partial charge in [0, 0.05) is 12.1 Å². The molecule has 2 fully saturated rings. The SMILES string of the molecule is CC(CC1CC1)NC1CCC(C(C)(C)C)CC1. The van der Waals surface area contributed by atoms with Gasteiger partial charge in [-0.1, -0.05) is 33.6 Å². The average molecular weight is 237 g/mol. The molecule has 1 nitrogen and oxygen atoms in total. The highest BCUT2D eigenvalue weighted by Crippen LogP contribution is 2.38. The summed E-state index contributed by atoms with van der Waals surface area (Å²) in [5.74, 6) is 2.00. The first-order valence-electron chi connectivity index (χ1n) is 7.71. The van der Waals surface area contributed by atoms with Gasteiger partial charge in [-0.3, -0.25) is 0 Å². The highest BCUT2D eigenvalue weighted by Gasteiger charge is 2.30. The van der Waals surface area contributed by atoms with E-state index in [4.69, 9.17) is 0 Å². The van der Waals surface area contributed by atoms with Crippen molar-refractivity contribution in [2.75, 3.05) is 0 Å². The Kier molecular flexibility index (Phi) is 4.18. The van der Waals surface area contributed by atoms with Crippen LogP contribution >= 0.6 is 0 Å². The van der Waals surface area contributed by atoms with Gasteiger partial charge in [-0.25, -0.2) is 0 Å². The molecule has 0 radical (unpaired) electrons. The van der Waals surface area contributed by atoms with E-state index in [1.54, 1.807) is 0 Å². The van der Waals surface area contributed by atoms with Crippen molar-refractivity contribution in [3.63, 3.8) is 0 Å². The molecule has 2 rings (SSSR count). The molecule has 0 aliphatic heterocycles. The van der Waals surface area contributed by atoms with Crippen LogP contribution in [0.4, 0.5) is 0 Å². The summed E-state index contributed by atoms with van der Waals surface area (Å²) in [6, 6.07) is 1.56. The number of hydrogen-bond donors (Lipinski definition) is 1. The summed E-state index contributed by atoms with van der Waals surface area (Å²) in [6.45, 7) is 9.59. The van der Waals surface area contributed by atoms with Gasteiger partial charge >= 0.3 is 0 Å². The predicted octanol–water partition coefficient (Wildman–Crippen LogP) is 4.37. The van der Waals surface area contributed by atoms with Crippen molar-refractivity contribution >= 4 is 0 Å². The molecule has 0 heterocycles. The maximum absolute atomic E-state index is 3.86. The van der Waals surface area contributed by atoms with Crippen LogP contribution in [0.1, 0.15) is 72.6 Å². The van der Waals surface area contributed by atoms with Gasteiger partial charge in [0.2, 0.25) is 0 Å². The molecule has 0 aromatic heterocycles. The Labute approximate surface area is 108 Å². The molecule has 0 aromatic carbocycles. The molecule has 0 amide bonds. The maximum atomic E-state index is 3.86. The van der Waals surface area contributed by atoms with Crippen molar-refractivity contribution < 1.29 is 0 Å². The quantitative estimate of drug-likeness (QED) is 0.765. The molecule has 100 valence electrons. The van der Waals surface area contributed by atoms with Crippen LogP contribution in [-0.4, -0.2) is 12.1 Å². The largest absolute Gasteiger partial charge is 0.311 e. The minimum Gasteiger partial charge on any atom is -0.311 e. The van der Waals surface area contributed by atoms with Crippen LogP contribution in [0, 0.1) is 17.3 Å². The first kappa shape index (κ1) is 13.4. The zero-order valence-electron chi connectivity index (χ0n) is 12.3. The van der Waals surface area contributed by atoms with Crippen molar-refractivity contribution in [3.05, 3.63) is 0 Å². The standard InChI is InChI=1S/C16H31N/c1-12(11-13-5-6-13)17-15-9-7-14(8-10-15)16(2,3)4/h12-15,17H,5-11H2,1-4H3. The lowest BCUT2D eigenvalue weighted by atomic mass is 9.71. The first-order chi connectivity index (χ1) is 7.95. The highest BCUT2D eigenvalue weighted by atomic mass is 14.9. The molecule has 1 atom stereocenters. The third-order valence-electron chi connectivity index (χ3n) is 4.86. The van der Waals surface area contributed by atoms with Crippen molar-refractivity contribution in [2.45, 2.75) is 84.7 Å². The van der Waals surface area contributed by atoms with Gasteiger partial charge in [-0.15, -0.1) is 0 Å². The molecule has 0 spiro atoms. The van der Waals surface area contributed by atoms with E-state index in [-0.39, 0.29) is 0 Å². The second-order valence-corrected chi connectivity index (χ2v) is 7.66. The molecule has 2 aliphatic rings. The molecular weight excluding hydrogens is 206 g/mol. The molecule has 1 heteroatoms. The zero-order chi connectivity index (χ0) is 12.5. The minimum atomic E-state index is 0.518. The maximum Gasteiger partial charge on any atom is 0.00697 e. The summed E-state index contributed by atoms with van der Waals surface area (Å²) in [6.07, 6.45) is 10.0. The van der Waals surface area contributed by atoms with E-state index in [0.29, 0.717) is 5.41 Å². The summed E-state index contributed by atoms with van der Waals surface area (Å²) in [5.41, 5.74) is 0.518. The van der Waals surface area contributed by atoms with Gasteiger partial charge in [0.05, 0.1) is 0 Å². The molecule has 2 saturated carbocycles. The first-order valence-corrected chi connectivity index (χ1v) is 7.71. The van der Waals surface area contributed by atoms with Crippen molar-refractivity contribution in [2.24, 2.45) is 17.3 Å². The van der Waals surface area contributed by atoms with Gasteiger partial charge < -0.3 is 5.32 Å². The second-order valence-electron chi connectivity index (χ2n) is 7.66. The van der Waals surface area contributed by atoms with Crippen molar-refractivity contribution in [1.82, 2.24) is 5.32 Å². The van der Waals surface area contributed by atoms with E-state index >= 15 is 0 Å². The van der Waals surface area contributed by atoms with E-state index in [0.717, 1.165) is 23.9 Å². The van der Waals surface area contributed by atoms with Crippen LogP contribution in [0.3, 0.4) is 0 Å². The average Bonchev–Trinajstić information content (AvgIpc) is 3.01. The third kappa shape index (κ3) is 4.28. The summed E-state index contributed by atoms with van der Waals surface area (Å²) < 4.78 is 0. The van der Waals surface area contributed by atoms with Crippen LogP contribution in [0.5, 0.6) is 0 Å². The molecule has 0 saturated heterocycles. The Bertz CT molecular complexity index is 228. The number of rotatable bonds is 4. The fourth-order valence-corrected chi connectivity index (χ4v) is 3.45. The van der Waals surface area contributed by atoms with Crippen LogP contribution in [-0.2, 0) is 0 Å². The lowest BCUT2D eigenvalue weighted by Crippen LogP contribution is -2.40. The molecule has 1 N–H and O–H groups in total. The van der Waals surface area contributed by atoms with Crippen LogP contribution in [0.25, 0.3) is 0 Å². The molecule has 17 heavy (non-hydrogen) atoms. The highest BCUT2D eigenvalue weighted by molar-refractivity contribution is 4.86. The Morgan fingerprint density at radius 2 is 1.59 bits per heavy atom. The minimum absolute atomic E-state index is 0.518. The van der Waals surface area contributed by atoms with Crippen molar-refractivity contribution in [1.29, 1.82) is 0 Å². The fourth-order valence-electron chi connectivity index (χ4n) is 3.45. The summed E-state index contributed by atoms with van der Waals surface area (Å²) in [4.78, 5) is 0. The third-order valence-corrected chi connectivity index (χ3v) is 4.86. The Morgan fingerprint density at radius 3 is 2.06 bits per heavy atom. The van der Waals surface area contributed by atoms with Gasteiger partial charge in [-0.05, 0) is 56.3 Å².